The maximum absolute atomic E-state index is 13.2. The molecular weight excluding hydrogens is 370 g/mol. The van der Waals surface area contributed by atoms with Crippen LogP contribution in [0.25, 0.3) is 10.2 Å². The third-order valence-electron chi connectivity index (χ3n) is 5.62. The summed E-state index contributed by atoms with van der Waals surface area (Å²) in [5.41, 5.74) is 2.04. The van der Waals surface area contributed by atoms with Crippen molar-refractivity contribution >= 4 is 39.0 Å². The molecule has 3 aromatic rings. The number of carbonyl (C=O) groups excluding carboxylic acids is 1. The van der Waals surface area contributed by atoms with Gasteiger partial charge in [0.25, 0.3) is 5.91 Å². The van der Waals surface area contributed by atoms with Crippen LogP contribution in [-0.2, 0) is 0 Å². The second-order valence-corrected chi connectivity index (χ2v) is 8.22. The van der Waals surface area contributed by atoms with Gasteiger partial charge in [-0.05, 0) is 31.5 Å². The molecule has 1 amide bonds. The number of thiophene rings is 1. The number of rotatable bonds is 4. The lowest BCUT2D eigenvalue weighted by atomic mass is 10.1. The van der Waals surface area contributed by atoms with Crippen molar-refractivity contribution in [2.24, 2.45) is 0 Å². The van der Waals surface area contributed by atoms with Crippen molar-refractivity contribution in [3.8, 4) is 0 Å². The lowest BCUT2D eigenvalue weighted by Crippen LogP contribution is -3.14. The Labute approximate surface area is 169 Å². The number of hydrogen-bond acceptors (Lipinski definition) is 5. The number of quaternary nitrogens is 1. The molecule has 146 valence electrons. The Morgan fingerprint density at radius 1 is 1.21 bits per heavy atom. The molecule has 28 heavy (non-hydrogen) atoms. The molecule has 0 aliphatic carbocycles. The molecule has 1 aromatic carbocycles. The first-order valence-electron chi connectivity index (χ1n) is 9.75. The zero-order valence-corrected chi connectivity index (χ0v) is 17.4. The van der Waals surface area contributed by atoms with E-state index < -0.39 is 0 Å². The highest BCUT2D eigenvalue weighted by Crippen LogP contribution is 2.37. The standard InChI is InChI=1S/C21H25N5OS/c1-4-25-10-12-26(13-11-25)21(27)18-15(2)17-19(22-14-23-20(17)28-18)24(3)16-8-6-5-7-9-16/h5-9,14H,4,10-13H2,1-3H3/p+1. The molecular formula is C21H26N5OS+. The van der Waals surface area contributed by atoms with Gasteiger partial charge in [-0.25, -0.2) is 9.97 Å². The molecule has 1 N–H and O–H groups in total. The maximum Gasteiger partial charge on any atom is 0.264 e. The average Bonchev–Trinajstić information content (AvgIpc) is 3.10. The molecule has 0 unspecified atom stereocenters. The van der Waals surface area contributed by atoms with Crippen molar-refractivity contribution in [3.63, 3.8) is 0 Å². The number of nitrogens with one attached hydrogen (secondary N) is 1. The molecule has 1 saturated heterocycles. The topological polar surface area (TPSA) is 53.8 Å². The number of fused-ring (bicyclic) bond motifs is 1. The lowest BCUT2D eigenvalue weighted by Gasteiger charge is -2.31. The Morgan fingerprint density at radius 3 is 2.61 bits per heavy atom. The van der Waals surface area contributed by atoms with Gasteiger partial charge in [-0.15, -0.1) is 11.3 Å². The van der Waals surface area contributed by atoms with Gasteiger partial charge in [0.2, 0.25) is 0 Å². The van der Waals surface area contributed by atoms with Crippen LogP contribution in [0.1, 0.15) is 22.2 Å². The summed E-state index contributed by atoms with van der Waals surface area (Å²) in [6.45, 7) is 9.02. The van der Waals surface area contributed by atoms with Crippen LogP contribution in [0.3, 0.4) is 0 Å². The normalized spacial score (nSPS) is 15.2. The van der Waals surface area contributed by atoms with Gasteiger partial charge in [0.05, 0.1) is 43.0 Å². The third kappa shape index (κ3) is 3.36. The predicted molar refractivity (Wildman–Crippen MR) is 114 cm³/mol. The van der Waals surface area contributed by atoms with Gasteiger partial charge in [0.1, 0.15) is 17.0 Å². The van der Waals surface area contributed by atoms with Crippen LogP contribution in [0.5, 0.6) is 0 Å². The molecule has 1 aliphatic rings. The van der Waals surface area contributed by atoms with Crippen LogP contribution in [0.15, 0.2) is 36.7 Å². The van der Waals surface area contributed by atoms with Crippen molar-refractivity contribution in [1.29, 1.82) is 0 Å². The highest BCUT2D eigenvalue weighted by atomic mass is 32.1. The van der Waals surface area contributed by atoms with E-state index in [4.69, 9.17) is 0 Å². The van der Waals surface area contributed by atoms with Crippen molar-refractivity contribution in [1.82, 2.24) is 14.9 Å². The lowest BCUT2D eigenvalue weighted by molar-refractivity contribution is -0.902. The van der Waals surface area contributed by atoms with Crippen molar-refractivity contribution < 1.29 is 9.69 Å². The smallest absolute Gasteiger partial charge is 0.264 e. The van der Waals surface area contributed by atoms with Crippen LogP contribution in [-0.4, -0.2) is 60.5 Å². The van der Waals surface area contributed by atoms with Crippen molar-refractivity contribution in [2.75, 3.05) is 44.7 Å². The first-order valence-corrected chi connectivity index (χ1v) is 10.6. The molecule has 1 fully saturated rings. The van der Waals surface area contributed by atoms with Crippen LogP contribution in [0.2, 0.25) is 0 Å². The summed E-state index contributed by atoms with van der Waals surface area (Å²) < 4.78 is 0. The molecule has 0 atom stereocenters. The van der Waals surface area contributed by atoms with E-state index in [2.05, 4.69) is 33.9 Å². The minimum atomic E-state index is 0.129. The van der Waals surface area contributed by atoms with Crippen LogP contribution < -0.4 is 9.80 Å². The molecule has 2 aromatic heterocycles. The van der Waals surface area contributed by atoms with Crippen LogP contribution in [0, 0.1) is 6.92 Å². The fourth-order valence-electron chi connectivity index (χ4n) is 3.81. The monoisotopic (exact) mass is 396 g/mol. The number of benzene rings is 1. The highest BCUT2D eigenvalue weighted by Gasteiger charge is 2.28. The van der Waals surface area contributed by atoms with E-state index in [1.54, 1.807) is 11.2 Å². The number of aromatic nitrogens is 2. The second-order valence-electron chi connectivity index (χ2n) is 7.22. The Bertz CT molecular complexity index is 979. The van der Waals surface area contributed by atoms with Gasteiger partial charge in [-0.1, -0.05) is 18.2 Å². The number of likely N-dealkylation sites (N-methyl/N-ethyl adjacent to an activating group) is 1. The van der Waals surface area contributed by atoms with Gasteiger partial charge < -0.3 is 14.7 Å². The summed E-state index contributed by atoms with van der Waals surface area (Å²) in [4.78, 5) is 29.5. The average molecular weight is 397 g/mol. The zero-order valence-electron chi connectivity index (χ0n) is 16.6. The van der Waals surface area contributed by atoms with E-state index in [0.717, 1.165) is 64.9 Å². The minimum Gasteiger partial charge on any atom is -0.332 e. The summed E-state index contributed by atoms with van der Waals surface area (Å²) in [5, 5.41) is 0.972. The molecule has 3 heterocycles. The van der Waals surface area contributed by atoms with E-state index in [1.807, 2.05) is 37.1 Å². The Morgan fingerprint density at radius 2 is 1.93 bits per heavy atom. The second kappa shape index (κ2) is 7.85. The number of amides is 1. The number of piperazine rings is 1. The summed E-state index contributed by atoms with van der Waals surface area (Å²) in [7, 11) is 2.00. The van der Waals surface area contributed by atoms with E-state index in [0.29, 0.717) is 0 Å². The number of para-hydroxylation sites is 1. The SMILES string of the molecule is CC[NH+]1CCN(C(=O)c2sc3ncnc(N(C)c4ccccc4)c3c2C)CC1. The molecule has 0 radical (unpaired) electrons. The van der Waals surface area contributed by atoms with Crippen molar-refractivity contribution in [3.05, 3.63) is 47.1 Å². The Hall–Kier alpha value is -2.51. The number of aryl methyl sites for hydroxylation is 1. The number of nitrogens with zero attached hydrogens (tertiary/aromatic N) is 4. The molecule has 7 heteroatoms. The van der Waals surface area contributed by atoms with Gasteiger partial charge in [-0.2, -0.15) is 0 Å². The summed E-state index contributed by atoms with van der Waals surface area (Å²) in [6.07, 6.45) is 1.59. The van der Waals surface area contributed by atoms with Gasteiger partial charge in [0, 0.05) is 12.7 Å². The molecule has 0 saturated carbocycles. The number of anilines is 2. The first kappa shape index (κ1) is 18.8. The first-order chi connectivity index (χ1) is 13.6. The van der Waals surface area contributed by atoms with Crippen molar-refractivity contribution in [2.45, 2.75) is 13.8 Å². The molecule has 4 rings (SSSR count). The number of hydrogen-bond donors (Lipinski definition) is 1. The fraction of sp³-hybridized carbons (Fsp3) is 0.381. The number of carbonyl (C=O) groups is 1. The summed E-state index contributed by atoms with van der Waals surface area (Å²) >= 11 is 1.48. The van der Waals surface area contributed by atoms with E-state index in [9.17, 15) is 4.79 Å². The van der Waals surface area contributed by atoms with E-state index >= 15 is 0 Å². The summed E-state index contributed by atoms with van der Waals surface area (Å²) in [6, 6.07) is 10.1. The Kier molecular flexibility index (Phi) is 5.28. The largest absolute Gasteiger partial charge is 0.332 e. The van der Waals surface area contributed by atoms with Crippen LogP contribution >= 0.6 is 11.3 Å². The third-order valence-corrected chi connectivity index (χ3v) is 6.81. The highest BCUT2D eigenvalue weighted by molar-refractivity contribution is 7.20. The van der Waals surface area contributed by atoms with Gasteiger partial charge >= 0.3 is 0 Å². The quantitative estimate of drug-likeness (QED) is 0.734. The molecule has 1 aliphatic heterocycles. The predicted octanol–water partition coefficient (Wildman–Crippen LogP) is 2.13. The fourth-order valence-corrected chi connectivity index (χ4v) is 4.92. The molecule has 6 nitrogen and oxygen atoms in total. The van der Waals surface area contributed by atoms with E-state index in [1.165, 1.54) is 11.3 Å². The molecule has 0 spiro atoms. The van der Waals surface area contributed by atoms with Crippen LogP contribution in [0.4, 0.5) is 11.5 Å². The van der Waals surface area contributed by atoms with Gasteiger partial charge in [-0.3, -0.25) is 4.79 Å². The Balaban J connectivity index is 1.69. The minimum absolute atomic E-state index is 0.129. The maximum atomic E-state index is 13.2. The molecule has 0 bridgehead atoms. The van der Waals surface area contributed by atoms with Gasteiger partial charge in [0.15, 0.2) is 0 Å². The summed E-state index contributed by atoms with van der Waals surface area (Å²) in [5.74, 6) is 0.966. The zero-order chi connectivity index (χ0) is 19.7. The van der Waals surface area contributed by atoms with E-state index in [-0.39, 0.29) is 5.91 Å².